The zero-order valence-electron chi connectivity index (χ0n) is 10.3. The van der Waals surface area contributed by atoms with Crippen LogP contribution in [-0.4, -0.2) is 28.5 Å². The molecule has 1 aliphatic heterocycles. The van der Waals surface area contributed by atoms with Crippen molar-refractivity contribution in [1.29, 1.82) is 0 Å². The summed E-state index contributed by atoms with van der Waals surface area (Å²) in [6.07, 6.45) is 6.85. The Hall–Kier alpha value is -1.94. The Morgan fingerprint density at radius 2 is 2.39 bits per heavy atom. The van der Waals surface area contributed by atoms with Gasteiger partial charge in [-0.05, 0) is 30.7 Å². The Labute approximate surface area is 105 Å². The van der Waals surface area contributed by atoms with Crippen molar-refractivity contribution in [3.05, 3.63) is 36.2 Å². The van der Waals surface area contributed by atoms with Crippen LogP contribution in [0.3, 0.4) is 0 Å². The lowest BCUT2D eigenvalue weighted by Gasteiger charge is -2.12. The normalized spacial score (nSPS) is 15.7. The Bertz CT molecular complexity index is 640. The SMILES string of the molecule is CC(=O)n1cc(C2=CCNCC2)c2ncccc21. The van der Waals surface area contributed by atoms with E-state index in [0.717, 1.165) is 36.1 Å². The molecule has 1 N–H and O–H groups in total. The molecule has 1 aliphatic rings. The average Bonchev–Trinajstić information content (AvgIpc) is 2.79. The van der Waals surface area contributed by atoms with Crippen molar-refractivity contribution in [2.45, 2.75) is 13.3 Å². The van der Waals surface area contributed by atoms with Crippen molar-refractivity contribution in [3.63, 3.8) is 0 Å². The van der Waals surface area contributed by atoms with Crippen molar-refractivity contribution in [2.75, 3.05) is 13.1 Å². The van der Waals surface area contributed by atoms with Crippen LogP contribution in [-0.2, 0) is 0 Å². The van der Waals surface area contributed by atoms with Gasteiger partial charge in [-0.15, -0.1) is 0 Å². The number of rotatable bonds is 1. The summed E-state index contributed by atoms with van der Waals surface area (Å²) in [4.78, 5) is 16.1. The third-order valence-electron chi connectivity index (χ3n) is 3.31. The van der Waals surface area contributed by atoms with Gasteiger partial charge in [0, 0.05) is 31.4 Å². The first-order valence-electron chi connectivity index (χ1n) is 6.14. The molecule has 92 valence electrons. The van der Waals surface area contributed by atoms with E-state index in [2.05, 4.69) is 16.4 Å². The summed E-state index contributed by atoms with van der Waals surface area (Å²) in [5.41, 5.74) is 4.17. The van der Waals surface area contributed by atoms with E-state index in [9.17, 15) is 4.79 Å². The summed E-state index contributed by atoms with van der Waals surface area (Å²) < 4.78 is 1.68. The molecule has 0 bridgehead atoms. The van der Waals surface area contributed by atoms with Gasteiger partial charge in [-0.1, -0.05) is 6.08 Å². The van der Waals surface area contributed by atoms with Crippen molar-refractivity contribution in [3.8, 4) is 0 Å². The molecule has 4 nitrogen and oxygen atoms in total. The number of hydrogen-bond donors (Lipinski definition) is 1. The van der Waals surface area contributed by atoms with Gasteiger partial charge in [0.2, 0.25) is 5.91 Å². The van der Waals surface area contributed by atoms with Crippen LogP contribution in [0.25, 0.3) is 16.6 Å². The minimum atomic E-state index is 0.0220. The second-order valence-electron chi connectivity index (χ2n) is 4.49. The van der Waals surface area contributed by atoms with Gasteiger partial charge in [-0.25, -0.2) is 0 Å². The van der Waals surface area contributed by atoms with Crippen molar-refractivity contribution in [1.82, 2.24) is 14.9 Å². The summed E-state index contributed by atoms with van der Waals surface area (Å²) in [6, 6.07) is 3.80. The molecule has 0 saturated heterocycles. The fourth-order valence-electron chi connectivity index (χ4n) is 2.42. The summed E-state index contributed by atoms with van der Waals surface area (Å²) in [7, 11) is 0. The first-order chi connectivity index (χ1) is 8.77. The number of pyridine rings is 1. The topological polar surface area (TPSA) is 46.9 Å². The van der Waals surface area contributed by atoms with Gasteiger partial charge >= 0.3 is 0 Å². The molecule has 2 aromatic rings. The van der Waals surface area contributed by atoms with Crippen LogP contribution >= 0.6 is 0 Å². The van der Waals surface area contributed by atoms with Crippen LogP contribution in [0, 0.1) is 0 Å². The highest BCUT2D eigenvalue weighted by Crippen LogP contribution is 2.28. The van der Waals surface area contributed by atoms with Crippen LogP contribution in [0.5, 0.6) is 0 Å². The standard InChI is InChI=1S/C14H15N3O/c1-10(18)17-9-12(11-4-7-15-8-5-11)14-13(17)3-2-6-16-14/h2-4,6,9,15H,5,7-8H2,1H3. The Morgan fingerprint density at radius 3 is 3.11 bits per heavy atom. The van der Waals surface area contributed by atoms with E-state index in [4.69, 9.17) is 0 Å². The Balaban J connectivity index is 2.23. The van der Waals surface area contributed by atoms with Gasteiger partial charge in [0.25, 0.3) is 0 Å². The number of fused-ring (bicyclic) bond motifs is 1. The highest BCUT2D eigenvalue weighted by atomic mass is 16.1. The molecule has 3 rings (SSSR count). The number of nitrogens with one attached hydrogen (secondary N) is 1. The maximum atomic E-state index is 11.7. The van der Waals surface area contributed by atoms with Gasteiger partial charge in [-0.2, -0.15) is 0 Å². The van der Waals surface area contributed by atoms with Crippen molar-refractivity contribution < 1.29 is 4.79 Å². The molecule has 0 fully saturated rings. The highest BCUT2D eigenvalue weighted by molar-refractivity contribution is 5.96. The number of aromatic nitrogens is 2. The molecule has 0 unspecified atom stereocenters. The minimum Gasteiger partial charge on any atom is -0.313 e. The van der Waals surface area contributed by atoms with Crippen LogP contribution in [0.4, 0.5) is 0 Å². The Kier molecular flexibility index (Phi) is 2.72. The van der Waals surface area contributed by atoms with Crippen LogP contribution in [0.2, 0.25) is 0 Å². The molecule has 18 heavy (non-hydrogen) atoms. The largest absolute Gasteiger partial charge is 0.313 e. The molecule has 0 saturated carbocycles. The zero-order valence-corrected chi connectivity index (χ0v) is 10.3. The van der Waals surface area contributed by atoms with Crippen molar-refractivity contribution in [2.24, 2.45) is 0 Å². The van der Waals surface area contributed by atoms with Gasteiger partial charge in [0.15, 0.2) is 0 Å². The van der Waals surface area contributed by atoms with E-state index < -0.39 is 0 Å². The predicted molar refractivity (Wildman–Crippen MR) is 71.5 cm³/mol. The first kappa shape index (κ1) is 11.2. The number of nitrogens with zero attached hydrogens (tertiary/aromatic N) is 2. The van der Waals surface area contributed by atoms with Crippen molar-refractivity contribution >= 4 is 22.5 Å². The van der Waals surface area contributed by atoms with Gasteiger partial charge in [0.1, 0.15) is 0 Å². The minimum absolute atomic E-state index is 0.0220. The first-order valence-corrected chi connectivity index (χ1v) is 6.14. The number of carbonyl (C=O) groups excluding carboxylic acids is 1. The third-order valence-corrected chi connectivity index (χ3v) is 3.31. The molecule has 2 aromatic heterocycles. The quantitative estimate of drug-likeness (QED) is 0.831. The van der Waals surface area contributed by atoms with E-state index in [-0.39, 0.29) is 5.91 Å². The lowest BCUT2D eigenvalue weighted by Crippen LogP contribution is -2.20. The summed E-state index contributed by atoms with van der Waals surface area (Å²) in [5.74, 6) is 0.0220. The fourth-order valence-corrected chi connectivity index (χ4v) is 2.42. The smallest absolute Gasteiger partial charge is 0.228 e. The van der Waals surface area contributed by atoms with Crippen LogP contribution in [0.15, 0.2) is 30.6 Å². The zero-order chi connectivity index (χ0) is 12.5. The summed E-state index contributed by atoms with van der Waals surface area (Å²) in [5, 5.41) is 3.29. The molecular weight excluding hydrogens is 226 g/mol. The summed E-state index contributed by atoms with van der Waals surface area (Å²) in [6.45, 7) is 3.44. The second kappa shape index (κ2) is 4.38. The molecule has 0 aliphatic carbocycles. The van der Waals surface area contributed by atoms with Crippen LogP contribution < -0.4 is 5.32 Å². The average molecular weight is 241 g/mol. The molecular formula is C14H15N3O. The molecule has 0 amide bonds. The van der Waals surface area contributed by atoms with E-state index in [1.165, 1.54) is 5.57 Å². The van der Waals surface area contributed by atoms with E-state index >= 15 is 0 Å². The second-order valence-corrected chi connectivity index (χ2v) is 4.49. The monoisotopic (exact) mass is 241 g/mol. The van der Waals surface area contributed by atoms with Gasteiger partial charge < -0.3 is 5.32 Å². The highest BCUT2D eigenvalue weighted by Gasteiger charge is 2.15. The number of hydrogen-bond acceptors (Lipinski definition) is 3. The molecule has 0 spiro atoms. The van der Waals surface area contributed by atoms with Gasteiger partial charge in [0.05, 0.1) is 11.0 Å². The lowest BCUT2D eigenvalue weighted by atomic mass is 10.0. The van der Waals surface area contributed by atoms with E-state index in [1.807, 2.05) is 18.3 Å². The van der Waals surface area contributed by atoms with E-state index in [0.29, 0.717) is 0 Å². The molecule has 0 atom stereocenters. The Morgan fingerprint density at radius 1 is 1.50 bits per heavy atom. The number of carbonyl (C=O) groups is 1. The van der Waals surface area contributed by atoms with E-state index in [1.54, 1.807) is 17.7 Å². The lowest BCUT2D eigenvalue weighted by molar-refractivity contribution is 0.0941. The fraction of sp³-hybridized carbons (Fsp3) is 0.286. The molecule has 0 radical (unpaired) electrons. The van der Waals surface area contributed by atoms with Gasteiger partial charge in [-0.3, -0.25) is 14.3 Å². The molecule has 4 heteroatoms. The summed E-state index contributed by atoms with van der Waals surface area (Å²) >= 11 is 0. The predicted octanol–water partition coefficient (Wildman–Crippen LogP) is 2.07. The van der Waals surface area contributed by atoms with Crippen LogP contribution in [0.1, 0.15) is 23.7 Å². The third kappa shape index (κ3) is 1.75. The molecule has 3 heterocycles. The maximum absolute atomic E-state index is 11.7. The maximum Gasteiger partial charge on any atom is 0.228 e. The molecule has 0 aromatic carbocycles.